The number of alkyl carbamates (subject to hydrolysis) is 1. The minimum atomic E-state index is -2.36. The van der Waals surface area contributed by atoms with E-state index in [0.717, 1.165) is 6.08 Å². The highest BCUT2D eigenvalue weighted by atomic mass is 19.1. The number of amides is 5. The van der Waals surface area contributed by atoms with Gasteiger partial charge in [0, 0.05) is 54.2 Å². The molecule has 1 aliphatic heterocycles. The number of alkyl halides is 2. The zero-order valence-corrected chi connectivity index (χ0v) is 44.2. The first-order valence-electron chi connectivity index (χ1n) is 26.4. The fourth-order valence-corrected chi connectivity index (χ4v) is 12.3. The lowest BCUT2D eigenvalue weighted by atomic mass is 9.44. The summed E-state index contributed by atoms with van der Waals surface area (Å²) in [6.07, 6.45) is -1.92. The molecule has 5 aliphatic rings. The fraction of sp³-hybridized carbons (Fsp3) is 0.648. The van der Waals surface area contributed by atoms with Gasteiger partial charge in [-0.15, -0.1) is 0 Å². The lowest BCUT2D eigenvalue weighted by molar-refractivity contribution is -0.235. The highest BCUT2D eigenvalue weighted by molar-refractivity contribution is 6.01. The van der Waals surface area contributed by atoms with Gasteiger partial charge in [0.2, 0.25) is 11.8 Å². The number of aliphatic carboxylic acids is 1. The first kappa shape index (κ1) is 60.2. The number of aliphatic hydroxyl groups excluding tert-OH is 1. The van der Waals surface area contributed by atoms with E-state index in [1.54, 1.807) is 45.0 Å². The van der Waals surface area contributed by atoms with Crippen LogP contribution in [-0.2, 0) is 59.1 Å². The number of primary amides is 1. The number of nitrogens with two attached hydrogens (primary N) is 2. The van der Waals surface area contributed by atoms with E-state index >= 15 is 8.78 Å². The molecule has 4 fully saturated rings. The van der Waals surface area contributed by atoms with Crippen molar-refractivity contribution in [3.05, 3.63) is 53.6 Å². The second-order valence-electron chi connectivity index (χ2n) is 21.7. The van der Waals surface area contributed by atoms with Gasteiger partial charge in [-0.2, -0.15) is 0 Å². The van der Waals surface area contributed by atoms with Crippen LogP contribution < -0.4 is 32.7 Å². The lowest BCUT2D eigenvalue weighted by Crippen LogP contribution is -2.71. The van der Waals surface area contributed by atoms with E-state index in [0.29, 0.717) is 24.1 Å². The third kappa shape index (κ3) is 13.0. The number of benzene rings is 1. The number of nitrogens with one attached hydrogen (secondary N) is 4. The zero-order chi connectivity index (χ0) is 56.6. The number of Topliss-reactive ketones (excluding diaryl/α,β-unsaturated/α-hetero) is 3. The Labute approximate surface area is 445 Å². The van der Waals surface area contributed by atoms with Crippen LogP contribution in [0.25, 0.3) is 0 Å². The molecule has 23 heteroatoms. The molecule has 10 N–H and O–H groups in total. The standard InChI is InChI=1S/C54H74F2N6O15/c1-6-8-45-76-43-24-35-36-23-38(55)37-22-33(63)16-18-51(37,4)53(36,56)41(66)25-52(35,5)54(43,77-45)42(67)28-74-20-17-34(64)26-60-50(73)75-27-30-10-12-32(13-11-30)61-47(70)31(9-7-19-59-49(58)72)21-40(65)46(29(2)3)62-48(71)39(57)14-15-44(68)69/h10-13,16,18,22,29,31,35-36,38-39,41,43,45-46,66H,6-9,14-15,17,19-21,23-28,57H2,1-5H3,(H,60,73)(H,61,70)(H,62,71)(H,68,69)(H3,58,59,72)/t31-,35+,36+,38+,39+,41+,43-,45?,46+,51+,52+,53+,54-/m1/s1. The van der Waals surface area contributed by atoms with Gasteiger partial charge in [-0.3, -0.25) is 33.6 Å². The first-order chi connectivity index (χ1) is 36.3. The summed E-state index contributed by atoms with van der Waals surface area (Å²) in [6.45, 7) is 7.35. The Morgan fingerprint density at radius 2 is 1.69 bits per heavy atom. The molecular formula is C54H74F2N6O15. The number of ketones is 4. The van der Waals surface area contributed by atoms with E-state index < -0.39 is 149 Å². The van der Waals surface area contributed by atoms with Gasteiger partial charge < -0.3 is 61.9 Å². The molecule has 6 rings (SSSR count). The monoisotopic (exact) mass is 1080 g/mol. The molecule has 1 aromatic carbocycles. The molecule has 3 saturated carbocycles. The maximum absolute atomic E-state index is 17.8. The van der Waals surface area contributed by atoms with Gasteiger partial charge in [-0.1, -0.05) is 52.3 Å². The van der Waals surface area contributed by atoms with Crippen molar-refractivity contribution in [2.75, 3.05) is 31.6 Å². The second-order valence-corrected chi connectivity index (χ2v) is 21.7. The van der Waals surface area contributed by atoms with Gasteiger partial charge in [0.15, 0.2) is 40.7 Å². The van der Waals surface area contributed by atoms with E-state index in [-0.39, 0.29) is 83.1 Å². The van der Waals surface area contributed by atoms with Crippen molar-refractivity contribution < 1.29 is 81.1 Å². The number of carbonyl (C=O) groups excluding carboxylic acids is 8. The maximum Gasteiger partial charge on any atom is 0.407 e. The summed E-state index contributed by atoms with van der Waals surface area (Å²) in [7, 11) is 0. The number of carboxylic acids is 1. The molecule has 13 atom stereocenters. The second kappa shape index (κ2) is 25.2. The summed E-state index contributed by atoms with van der Waals surface area (Å²) in [5.74, 6) is -7.26. The van der Waals surface area contributed by atoms with Crippen LogP contribution in [-0.4, -0.2) is 138 Å². The van der Waals surface area contributed by atoms with Crippen LogP contribution in [0.5, 0.6) is 0 Å². The van der Waals surface area contributed by atoms with Crippen molar-refractivity contribution >= 4 is 58.7 Å². The predicted octanol–water partition coefficient (Wildman–Crippen LogP) is 3.96. The summed E-state index contributed by atoms with van der Waals surface area (Å²) in [6, 6.07) is 3.29. The minimum absolute atomic E-state index is 0.00903. The van der Waals surface area contributed by atoms with Crippen molar-refractivity contribution in [1.82, 2.24) is 16.0 Å². The SMILES string of the molecule is CCCC1O[C@@H]2C[C@H]3[C@@H]4C[C@H](F)C5=CC(=O)C=C[C@]5(C)[C@@]4(F)[C@@H](O)C[C@]3(C)[C@]2(C(=O)COCCC(=O)CNC(=O)OCc2ccc(NC(=O)[C@H](CCCNC(N)=O)CC(=O)[C@@H](NC(=O)[C@@H](N)CCC(=O)O)C(C)C)cc2)O1. The van der Waals surface area contributed by atoms with Gasteiger partial charge in [0.25, 0.3) is 0 Å². The molecule has 1 saturated heterocycles. The molecule has 77 heavy (non-hydrogen) atoms. The Balaban J connectivity index is 0.972. The smallest absolute Gasteiger partial charge is 0.407 e. The highest BCUT2D eigenvalue weighted by Crippen LogP contribution is 2.72. The number of hydrogen-bond donors (Lipinski definition) is 8. The molecular weight excluding hydrogens is 1010 g/mol. The molecule has 0 bridgehead atoms. The van der Waals surface area contributed by atoms with Crippen molar-refractivity contribution in [2.45, 2.75) is 160 Å². The van der Waals surface area contributed by atoms with Gasteiger partial charge in [0.1, 0.15) is 19.4 Å². The molecule has 0 aromatic heterocycles. The molecule has 5 amide bonds. The van der Waals surface area contributed by atoms with Crippen LogP contribution in [0.15, 0.2) is 48.1 Å². The third-order valence-corrected chi connectivity index (χ3v) is 16.3. The number of aliphatic hydroxyl groups is 1. The summed E-state index contributed by atoms with van der Waals surface area (Å²) in [4.78, 5) is 114. The molecule has 1 unspecified atom stereocenters. The third-order valence-electron chi connectivity index (χ3n) is 16.3. The number of ether oxygens (including phenoxy) is 4. The summed E-state index contributed by atoms with van der Waals surface area (Å²) in [5.41, 5.74) is 5.02. The summed E-state index contributed by atoms with van der Waals surface area (Å²) >= 11 is 0. The molecule has 0 spiro atoms. The van der Waals surface area contributed by atoms with Crippen LogP contribution in [0, 0.1) is 34.5 Å². The van der Waals surface area contributed by atoms with Crippen LogP contribution in [0.2, 0.25) is 0 Å². The van der Waals surface area contributed by atoms with E-state index in [1.165, 1.54) is 19.1 Å². The molecule has 0 radical (unpaired) electrons. The normalized spacial score (nSPS) is 30.1. The van der Waals surface area contributed by atoms with Gasteiger partial charge in [0.05, 0.1) is 37.4 Å². The van der Waals surface area contributed by atoms with Crippen LogP contribution >= 0.6 is 0 Å². The van der Waals surface area contributed by atoms with Crippen LogP contribution in [0.3, 0.4) is 0 Å². The minimum Gasteiger partial charge on any atom is -0.481 e. The van der Waals surface area contributed by atoms with Gasteiger partial charge in [-0.05, 0) is 99.1 Å². The van der Waals surface area contributed by atoms with E-state index in [2.05, 4.69) is 21.3 Å². The number of fused-ring (bicyclic) bond motifs is 7. The Morgan fingerprint density at radius 1 is 0.974 bits per heavy atom. The van der Waals surface area contributed by atoms with Crippen molar-refractivity contribution in [2.24, 2.45) is 46.0 Å². The number of urea groups is 1. The summed E-state index contributed by atoms with van der Waals surface area (Å²) in [5, 5.41) is 31.0. The topological polar surface area (TPSA) is 331 Å². The van der Waals surface area contributed by atoms with E-state index in [1.807, 2.05) is 6.92 Å². The Bertz CT molecular complexity index is 2480. The average Bonchev–Trinajstić information content (AvgIpc) is 3.86. The lowest BCUT2D eigenvalue weighted by Gasteiger charge is -2.63. The number of carboxylic acid groups (broad SMARTS) is 1. The van der Waals surface area contributed by atoms with Gasteiger partial charge in [-0.25, -0.2) is 18.4 Å². The average molecular weight is 1090 g/mol. The Hall–Kier alpha value is -6.01. The maximum atomic E-state index is 17.8. The van der Waals surface area contributed by atoms with Crippen LogP contribution in [0.1, 0.15) is 111 Å². The zero-order valence-electron chi connectivity index (χ0n) is 44.2. The van der Waals surface area contributed by atoms with Crippen LogP contribution in [0.4, 0.5) is 24.1 Å². The van der Waals surface area contributed by atoms with Crippen molar-refractivity contribution in [3.8, 4) is 0 Å². The fourth-order valence-electron chi connectivity index (χ4n) is 12.3. The molecule has 1 heterocycles. The number of halogens is 2. The van der Waals surface area contributed by atoms with Crippen molar-refractivity contribution in [3.63, 3.8) is 0 Å². The predicted molar refractivity (Wildman–Crippen MR) is 272 cm³/mol. The first-order valence-corrected chi connectivity index (χ1v) is 26.4. The number of hydrogen-bond acceptors (Lipinski definition) is 15. The number of carbonyl (C=O) groups is 9. The molecule has 4 aliphatic carbocycles. The Kier molecular flexibility index (Phi) is 19.7. The Morgan fingerprint density at radius 3 is 2.35 bits per heavy atom. The van der Waals surface area contributed by atoms with E-state index in [9.17, 15) is 48.3 Å². The largest absolute Gasteiger partial charge is 0.481 e. The van der Waals surface area contributed by atoms with Crippen molar-refractivity contribution in [1.29, 1.82) is 0 Å². The number of anilines is 1. The van der Waals surface area contributed by atoms with Gasteiger partial charge >= 0.3 is 18.1 Å². The molecule has 1 aromatic rings. The number of rotatable bonds is 27. The number of allylic oxidation sites excluding steroid dienone is 4. The van der Waals surface area contributed by atoms with E-state index in [4.69, 9.17) is 35.5 Å². The highest BCUT2D eigenvalue weighted by Gasteiger charge is 2.80. The quantitative estimate of drug-likeness (QED) is 0.0578. The summed E-state index contributed by atoms with van der Waals surface area (Å²) < 4.78 is 57.7. The molecule has 21 nitrogen and oxygen atoms in total. The molecule has 424 valence electrons.